The molecule has 5 rings (SSSR count). The fraction of sp³-hybridized carbons (Fsp3) is 0.207. The Hall–Kier alpha value is -4.79. The van der Waals surface area contributed by atoms with Crippen LogP contribution in [-0.4, -0.2) is 35.8 Å². The number of aryl methyl sites for hydroxylation is 3. The molecule has 1 aliphatic heterocycles. The summed E-state index contributed by atoms with van der Waals surface area (Å²) in [6, 6.07) is 18.8. The standard InChI is InChI=1S/C29H29N5O4/c1-17-4-11-23-20(14-17)12-13-34-28(32-23)25(27(30)35)26(33-34)19-7-5-18(6-8-19)16-31-29(36)22-10-9-21(37-2)15-24(22)38-3/h4-11,14-15,32H,12-13,16H2,1-3H3,(H2,30,35)(H,31,36). The van der Waals surface area contributed by atoms with Crippen LogP contribution in [0.25, 0.3) is 11.3 Å². The number of primary amides is 1. The highest BCUT2D eigenvalue weighted by molar-refractivity contribution is 6.04. The zero-order valence-corrected chi connectivity index (χ0v) is 21.5. The van der Waals surface area contributed by atoms with Gasteiger partial charge in [-0.2, -0.15) is 5.10 Å². The molecule has 4 N–H and O–H groups in total. The molecule has 0 atom stereocenters. The lowest BCUT2D eigenvalue weighted by Crippen LogP contribution is -2.23. The van der Waals surface area contributed by atoms with Gasteiger partial charge in [-0.1, -0.05) is 42.0 Å². The van der Waals surface area contributed by atoms with E-state index in [4.69, 9.17) is 20.3 Å². The zero-order valence-electron chi connectivity index (χ0n) is 21.5. The van der Waals surface area contributed by atoms with Crippen LogP contribution >= 0.6 is 0 Å². The lowest BCUT2D eigenvalue weighted by Gasteiger charge is -2.11. The Morgan fingerprint density at radius 3 is 2.55 bits per heavy atom. The number of ether oxygens (including phenoxy) is 2. The summed E-state index contributed by atoms with van der Waals surface area (Å²) in [5.41, 5.74) is 12.1. The average molecular weight is 512 g/mol. The molecule has 0 spiro atoms. The van der Waals surface area contributed by atoms with Gasteiger partial charge < -0.3 is 25.8 Å². The quantitative estimate of drug-likeness (QED) is 0.342. The van der Waals surface area contributed by atoms with Crippen LogP contribution in [0.1, 0.15) is 37.4 Å². The second-order valence-corrected chi connectivity index (χ2v) is 9.14. The summed E-state index contributed by atoms with van der Waals surface area (Å²) >= 11 is 0. The topological polar surface area (TPSA) is 121 Å². The Morgan fingerprint density at radius 1 is 1.05 bits per heavy atom. The number of nitrogens with zero attached hydrogens (tertiary/aromatic N) is 2. The van der Waals surface area contributed by atoms with Gasteiger partial charge in [0.05, 0.1) is 19.8 Å². The molecule has 0 unspecified atom stereocenters. The molecule has 1 aromatic heterocycles. The molecule has 0 saturated heterocycles. The third-order valence-corrected chi connectivity index (χ3v) is 6.64. The van der Waals surface area contributed by atoms with Crippen molar-refractivity contribution < 1.29 is 19.1 Å². The predicted molar refractivity (Wildman–Crippen MR) is 145 cm³/mol. The Morgan fingerprint density at radius 2 is 1.84 bits per heavy atom. The number of anilines is 2. The van der Waals surface area contributed by atoms with Gasteiger partial charge in [0.1, 0.15) is 28.6 Å². The molecule has 0 fully saturated rings. The number of carbonyl (C=O) groups is 2. The molecule has 3 aromatic carbocycles. The first-order valence-electron chi connectivity index (χ1n) is 12.2. The fourth-order valence-electron chi connectivity index (χ4n) is 4.64. The van der Waals surface area contributed by atoms with Crippen molar-refractivity contribution in [3.63, 3.8) is 0 Å². The predicted octanol–water partition coefficient (Wildman–Crippen LogP) is 4.20. The maximum Gasteiger partial charge on any atom is 0.255 e. The smallest absolute Gasteiger partial charge is 0.255 e. The molecule has 0 aliphatic carbocycles. The number of aromatic nitrogens is 2. The van der Waals surface area contributed by atoms with Crippen LogP contribution < -0.4 is 25.8 Å². The largest absolute Gasteiger partial charge is 0.497 e. The zero-order chi connectivity index (χ0) is 26.8. The average Bonchev–Trinajstić information content (AvgIpc) is 3.20. The number of methoxy groups -OCH3 is 2. The van der Waals surface area contributed by atoms with Crippen LogP contribution in [0.15, 0.2) is 60.7 Å². The Bertz CT molecular complexity index is 1520. The van der Waals surface area contributed by atoms with Gasteiger partial charge >= 0.3 is 0 Å². The van der Waals surface area contributed by atoms with Crippen molar-refractivity contribution >= 4 is 23.3 Å². The van der Waals surface area contributed by atoms with E-state index >= 15 is 0 Å². The van der Waals surface area contributed by atoms with E-state index in [0.29, 0.717) is 47.2 Å². The first-order valence-corrected chi connectivity index (χ1v) is 12.2. The Kier molecular flexibility index (Phi) is 6.74. The number of benzene rings is 3. The highest BCUT2D eigenvalue weighted by Crippen LogP contribution is 2.34. The summed E-state index contributed by atoms with van der Waals surface area (Å²) in [5, 5.41) is 11.0. The molecule has 4 aromatic rings. The summed E-state index contributed by atoms with van der Waals surface area (Å²) in [6.07, 6.45) is 0.786. The lowest BCUT2D eigenvalue weighted by molar-refractivity contribution is 0.0946. The normalized spacial score (nSPS) is 12.0. The van der Waals surface area contributed by atoms with Crippen LogP contribution in [0.3, 0.4) is 0 Å². The molecular weight excluding hydrogens is 482 g/mol. The number of hydrogen-bond donors (Lipinski definition) is 3. The van der Waals surface area contributed by atoms with Crippen molar-refractivity contribution in [3.8, 4) is 22.8 Å². The van der Waals surface area contributed by atoms with Gasteiger partial charge in [0.25, 0.3) is 11.8 Å². The van der Waals surface area contributed by atoms with Crippen LogP contribution in [0, 0.1) is 6.92 Å². The van der Waals surface area contributed by atoms with Gasteiger partial charge in [-0.05, 0) is 42.7 Å². The second-order valence-electron chi connectivity index (χ2n) is 9.14. The van der Waals surface area contributed by atoms with E-state index in [1.807, 2.05) is 36.4 Å². The molecular formula is C29H29N5O4. The molecule has 0 bridgehead atoms. The van der Waals surface area contributed by atoms with Gasteiger partial charge in [-0.25, -0.2) is 4.68 Å². The molecule has 9 nitrogen and oxygen atoms in total. The molecule has 9 heteroatoms. The van der Waals surface area contributed by atoms with Crippen LogP contribution in [0.5, 0.6) is 11.5 Å². The van der Waals surface area contributed by atoms with Crippen molar-refractivity contribution in [1.82, 2.24) is 15.1 Å². The maximum atomic E-state index is 12.7. The highest BCUT2D eigenvalue weighted by Gasteiger charge is 2.26. The minimum atomic E-state index is -0.547. The number of fused-ring (bicyclic) bond motifs is 2. The van der Waals surface area contributed by atoms with Gasteiger partial charge in [-0.15, -0.1) is 0 Å². The number of carbonyl (C=O) groups excluding carboxylic acids is 2. The summed E-state index contributed by atoms with van der Waals surface area (Å²) in [4.78, 5) is 25.3. The van der Waals surface area contributed by atoms with Gasteiger partial charge in [0.15, 0.2) is 0 Å². The minimum absolute atomic E-state index is 0.260. The lowest BCUT2D eigenvalue weighted by atomic mass is 10.0. The Labute approximate surface area is 220 Å². The number of hydrogen-bond acceptors (Lipinski definition) is 6. The van der Waals surface area contributed by atoms with Crippen LogP contribution in [-0.2, 0) is 19.5 Å². The molecule has 2 amide bonds. The second kappa shape index (κ2) is 10.3. The maximum absolute atomic E-state index is 12.7. The van der Waals surface area contributed by atoms with Crippen LogP contribution in [0.2, 0.25) is 0 Å². The molecule has 2 heterocycles. The summed E-state index contributed by atoms with van der Waals surface area (Å²) < 4.78 is 12.3. The van der Waals surface area contributed by atoms with Crippen molar-refractivity contribution in [1.29, 1.82) is 0 Å². The molecule has 1 aliphatic rings. The monoisotopic (exact) mass is 511 g/mol. The summed E-state index contributed by atoms with van der Waals surface area (Å²) in [6.45, 7) is 2.99. The minimum Gasteiger partial charge on any atom is -0.497 e. The van der Waals surface area contributed by atoms with E-state index in [-0.39, 0.29) is 5.91 Å². The van der Waals surface area contributed by atoms with Gasteiger partial charge in [0, 0.05) is 30.4 Å². The van der Waals surface area contributed by atoms with Crippen molar-refractivity contribution in [2.24, 2.45) is 5.73 Å². The summed E-state index contributed by atoms with van der Waals surface area (Å²) in [5.74, 6) is 0.829. The molecule has 194 valence electrons. The number of nitrogens with one attached hydrogen (secondary N) is 2. The van der Waals surface area contributed by atoms with E-state index in [1.165, 1.54) is 18.2 Å². The number of rotatable bonds is 7. The third-order valence-electron chi connectivity index (χ3n) is 6.64. The van der Waals surface area contributed by atoms with Crippen molar-refractivity contribution in [2.45, 2.75) is 26.4 Å². The first-order chi connectivity index (χ1) is 18.4. The van der Waals surface area contributed by atoms with Gasteiger partial charge in [0.2, 0.25) is 0 Å². The van der Waals surface area contributed by atoms with E-state index in [0.717, 1.165) is 23.2 Å². The first kappa shape index (κ1) is 24.9. The fourth-order valence-corrected chi connectivity index (χ4v) is 4.64. The van der Waals surface area contributed by atoms with E-state index in [9.17, 15) is 9.59 Å². The van der Waals surface area contributed by atoms with Crippen molar-refractivity contribution in [3.05, 3.63) is 88.5 Å². The number of nitrogens with two attached hydrogens (primary N) is 1. The van der Waals surface area contributed by atoms with E-state index in [1.54, 1.807) is 30.0 Å². The molecule has 0 radical (unpaired) electrons. The number of amides is 2. The highest BCUT2D eigenvalue weighted by atomic mass is 16.5. The van der Waals surface area contributed by atoms with E-state index in [2.05, 4.69) is 23.6 Å². The van der Waals surface area contributed by atoms with Crippen LogP contribution in [0.4, 0.5) is 11.5 Å². The summed E-state index contributed by atoms with van der Waals surface area (Å²) in [7, 11) is 3.07. The van der Waals surface area contributed by atoms with E-state index < -0.39 is 5.91 Å². The Balaban J connectivity index is 1.35. The van der Waals surface area contributed by atoms with Gasteiger partial charge in [-0.3, -0.25) is 9.59 Å². The molecule has 0 saturated carbocycles. The van der Waals surface area contributed by atoms with Crippen molar-refractivity contribution in [2.75, 3.05) is 19.5 Å². The molecule has 38 heavy (non-hydrogen) atoms. The third kappa shape index (κ3) is 4.78. The SMILES string of the molecule is COc1ccc(C(=O)NCc2ccc(-c3nn4c(c3C(N)=O)Nc3ccc(C)cc3CC4)cc2)c(OC)c1.